The van der Waals surface area contributed by atoms with Crippen molar-refractivity contribution in [2.24, 2.45) is 4.99 Å². The third-order valence-electron chi connectivity index (χ3n) is 3.44. The van der Waals surface area contributed by atoms with Crippen LogP contribution in [0.15, 0.2) is 53.5 Å². The van der Waals surface area contributed by atoms with Crippen molar-refractivity contribution in [2.45, 2.75) is 6.54 Å². The molecule has 0 heterocycles. The number of halogens is 3. The average Bonchev–Trinajstić information content (AvgIpc) is 2.59. The number of carbonyl (C=O) groups is 1. The monoisotopic (exact) mass is 474 g/mol. The smallest absolute Gasteiger partial charge is 0.243 e. The fourth-order valence-corrected chi connectivity index (χ4v) is 2.22. The van der Waals surface area contributed by atoms with Gasteiger partial charge in [0.25, 0.3) is 0 Å². The molecular formula is C18H21F2IN4O. The summed E-state index contributed by atoms with van der Waals surface area (Å²) in [4.78, 5) is 17.9. The lowest BCUT2D eigenvalue weighted by atomic mass is 10.2. The molecule has 0 radical (unpaired) electrons. The molecule has 0 unspecified atom stereocenters. The van der Waals surface area contributed by atoms with Crippen LogP contribution >= 0.6 is 24.0 Å². The molecule has 2 N–H and O–H groups in total. The molecule has 0 fully saturated rings. The number of hydrogen-bond acceptors (Lipinski definition) is 2. The standard InChI is InChI=1S/C18H20F2N4O.HI/c1-21-18(24(2)12-13-3-5-14(19)6-4-13)22-11-17(25)23-16-9-7-15(20)8-10-16;/h3-10H,11-12H2,1-2H3,(H,21,22)(H,23,25);1H. The van der Waals surface area contributed by atoms with Crippen LogP contribution in [0.4, 0.5) is 14.5 Å². The molecule has 0 atom stereocenters. The van der Waals surface area contributed by atoms with E-state index in [0.717, 1.165) is 5.56 Å². The first-order chi connectivity index (χ1) is 12.0. The summed E-state index contributed by atoms with van der Waals surface area (Å²) in [6.45, 7) is 0.525. The lowest BCUT2D eigenvalue weighted by Gasteiger charge is -2.22. The Kier molecular flexibility index (Phi) is 8.97. The van der Waals surface area contributed by atoms with Crippen LogP contribution in [0.25, 0.3) is 0 Å². The predicted molar refractivity (Wildman–Crippen MR) is 110 cm³/mol. The minimum Gasteiger partial charge on any atom is -0.347 e. The summed E-state index contributed by atoms with van der Waals surface area (Å²) in [5.41, 5.74) is 1.44. The van der Waals surface area contributed by atoms with E-state index in [1.807, 2.05) is 11.9 Å². The van der Waals surface area contributed by atoms with E-state index in [0.29, 0.717) is 18.2 Å². The normalized spacial score (nSPS) is 10.7. The summed E-state index contributed by atoms with van der Waals surface area (Å²) in [6.07, 6.45) is 0. The van der Waals surface area contributed by atoms with Crippen LogP contribution < -0.4 is 10.6 Å². The third kappa shape index (κ3) is 6.95. The van der Waals surface area contributed by atoms with Crippen LogP contribution in [0.1, 0.15) is 5.56 Å². The molecule has 0 aliphatic heterocycles. The molecule has 0 aliphatic rings. The Morgan fingerprint density at radius 1 is 1.04 bits per heavy atom. The maximum absolute atomic E-state index is 12.9. The number of nitrogens with one attached hydrogen (secondary N) is 2. The maximum Gasteiger partial charge on any atom is 0.243 e. The fraction of sp³-hybridized carbons (Fsp3) is 0.222. The van der Waals surface area contributed by atoms with Crippen LogP contribution in [0.3, 0.4) is 0 Å². The topological polar surface area (TPSA) is 56.7 Å². The van der Waals surface area contributed by atoms with Crippen LogP contribution in [-0.4, -0.2) is 37.4 Å². The van der Waals surface area contributed by atoms with Crippen molar-refractivity contribution in [3.63, 3.8) is 0 Å². The molecule has 0 spiro atoms. The zero-order valence-electron chi connectivity index (χ0n) is 14.5. The van der Waals surface area contributed by atoms with Gasteiger partial charge in [-0.15, -0.1) is 24.0 Å². The van der Waals surface area contributed by atoms with Gasteiger partial charge in [0.05, 0.1) is 6.54 Å². The highest BCUT2D eigenvalue weighted by Gasteiger charge is 2.09. The number of amides is 1. The van der Waals surface area contributed by atoms with E-state index < -0.39 is 0 Å². The second-order valence-electron chi connectivity index (χ2n) is 5.44. The molecule has 5 nitrogen and oxygen atoms in total. The molecule has 0 bridgehead atoms. The molecule has 1 amide bonds. The van der Waals surface area contributed by atoms with Gasteiger partial charge < -0.3 is 15.5 Å². The number of carbonyl (C=O) groups excluding carboxylic acids is 1. The van der Waals surface area contributed by atoms with E-state index in [-0.39, 0.29) is 48.1 Å². The first kappa shape index (κ1) is 21.8. The van der Waals surface area contributed by atoms with Crippen LogP contribution in [-0.2, 0) is 11.3 Å². The lowest BCUT2D eigenvalue weighted by Crippen LogP contribution is -2.42. The predicted octanol–water partition coefficient (Wildman–Crippen LogP) is 3.23. The molecule has 8 heteroatoms. The minimum absolute atomic E-state index is 0. The Morgan fingerprint density at radius 2 is 1.58 bits per heavy atom. The minimum atomic E-state index is -0.362. The first-order valence-corrected chi connectivity index (χ1v) is 7.69. The highest BCUT2D eigenvalue weighted by molar-refractivity contribution is 14.0. The van der Waals surface area contributed by atoms with Crippen LogP contribution in [0, 0.1) is 11.6 Å². The molecule has 2 rings (SSSR count). The van der Waals surface area contributed by atoms with Gasteiger partial charge in [-0.05, 0) is 42.0 Å². The van der Waals surface area contributed by atoms with Gasteiger partial charge in [0.15, 0.2) is 5.96 Å². The van der Waals surface area contributed by atoms with E-state index in [4.69, 9.17) is 0 Å². The van der Waals surface area contributed by atoms with Crippen molar-refractivity contribution in [2.75, 3.05) is 26.0 Å². The number of rotatable bonds is 5. The van der Waals surface area contributed by atoms with Crippen molar-refractivity contribution in [3.8, 4) is 0 Å². The van der Waals surface area contributed by atoms with E-state index in [2.05, 4.69) is 15.6 Å². The van der Waals surface area contributed by atoms with Crippen molar-refractivity contribution in [3.05, 3.63) is 65.7 Å². The quantitative estimate of drug-likeness (QED) is 0.398. The Balaban J connectivity index is 0.00000338. The molecule has 2 aromatic carbocycles. The number of guanidine groups is 1. The molecule has 26 heavy (non-hydrogen) atoms. The number of nitrogens with zero attached hydrogens (tertiary/aromatic N) is 2. The lowest BCUT2D eigenvalue weighted by molar-refractivity contribution is -0.115. The zero-order chi connectivity index (χ0) is 18.2. The average molecular weight is 474 g/mol. The van der Waals surface area contributed by atoms with Crippen molar-refractivity contribution in [1.29, 1.82) is 0 Å². The SMILES string of the molecule is CN=C(NCC(=O)Nc1ccc(F)cc1)N(C)Cc1ccc(F)cc1.I. The van der Waals surface area contributed by atoms with Gasteiger partial charge in [-0.3, -0.25) is 9.79 Å². The number of aliphatic imine (C=N–C) groups is 1. The fourth-order valence-electron chi connectivity index (χ4n) is 2.22. The Morgan fingerprint density at radius 3 is 2.12 bits per heavy atom. The number of hydrogen-bond donors (Lipinski definition) is 2. The summed E-state index contributed by atoms with van der Waals surface area (Å²) in [5, 5.41) is 5.61. The first-order valence-electron chi connectivity index (χ1n) is 7.69. The van der Waals surface area contributed by atoms with E-state index in [1.54, 1.807) is 19.2 Å². The summed E-state index contributed by atoms with van der Waals surface area (Å²) in [5.74, 6) is -0.396. The maximum atomic E-state index is 12.9. The van der Waals surface area contributed by atoms with Gasteiger partial charge in [-0.1, -0.05) is 12.1 Å². The van der Waals surface area contributed by atoms with Gasteiger partial charge in [0, 0.05) is 26.3 Å². The molecule has 0 aliphatic carbocycles. The molecule has 0 saturated carbocycles. The van der Waals surface area contributed by atoms with Crippen molar-refractivity contribution < 1.29 is 13.6 Å². The van der Waals surface area contributed by atoms with Gasteiger partial charge in [-0.2, -0.15) is 0 Å². The number of benzene rings is 2. The van der Waals surface area contributed by atoms with E-state index >= 15 is 0 Å². The highest BCUT2D eigenvalue weighted by atomic mass is 127. The second kappa shape index (κ2) is 10.7. The Bertz CT molecular complexity index is 736. The van der Waals surface area contributed by atoms with Crippen LogP contribution in [0.5, 0.6) is 0 Å². The van der Waals surface area contributed by atoms with Gasteiger partial charge >= 0.3 is 0 Å². The Labute approximate surface area is 168 Å². The van der Waals surface area contributed by atoms with E-state index in [1.165, 1.54) is 36.4 Å². The summed E-state index contributed by atoms with van der Waals surface area (Å²) >= 11 is 0. The summed E-state index contributed by atoms with van der Waals surface area (Å²) in [7, 11) is 3.43. The van der Waals surface area contributed by atoms with Gasteiger partial charge in [0.2, 0.25) is 5.91 Å². The third-order valence-corrected chi connectivity index (χ3v) is 3.44. The molecule has 0 aromatic heterocycles. The highest BCUT2D eigenvalue weighted by Crippen LogP contribution is 2.08. The van der Waals surface area contributed by atoms with E-state index in [9.17, 15) is 13.6 Å². The van der Waals surface area contributed by atoms with Crippen molar-refractivity contribution in [1.82, 2.24) is 10.2 Å². The molecule has 2 aromatic rings. The molecular weight excluding hydrogens is 453 g/mol. The second-order valence-corrected chi connectivity index (χ2v) is 5.44. The largest absolute Gasteiger partial charge is 0.347 e. The van der Waals surface area contributed by atoms with Gasteiger partial charge in [-0.25, -0.2) is 8.78 Å². The van der Waals surface area contributed by atoms with Gasteiger partial charge in [0.1, 0.15) is 11.6 Å². The zero-order valence-corrected chi connectivity index (χ0v) is 16.8. The van der Waals surface area contributed by atoms with Crippen molar-refractivity contribution >= 4 is 41.5 Å². The molecule has 0 saturated heterocycles. The molecule has 140 valence electrons. The summed E-state index contributed by atoms with van der Waals surface area (Å²) < 4.78 is 25.8. The van der Waals surface area contributed by atoms with Crippen LogP contribution in [0.2, 0.25) is 0 Å². The summed E-state index contributed by atoms with van der Waals surface area (Å²) in [6, 6.07) is 11.7. The number of anilines is 1. The Hall–Kier alpha value is -2.23.